The predicted octanol–water partition coefficient (Wildman–Crippen LogP) is 5.09. The fraction of sp³-hybridized carbons (Fsp3) is 0.286. The van der Waals surface area contributed by atoms with Gasteiger partial charge in [0.25, 0.3) is 0 Å². The standard InChI is InChI=1S/C21H20BrNO3/c1-12(2)23-10-17-18(25-11-23)9-8-16-20(24)19(13(3)26-21(16)17)14-4-6-15(22)7-5-14/h4-9,12H,10-11H2,1-3H3. The van der Waals surface area contributed by atoms with Crippen LogP contribution in [0.5, 0.6) is 5.75 Å². The molecule has 0 fully saturated rings. The number of fused-ring (bicyclic) bond motifs is 3. The third-order valence-corrected chi connectivity index (χ3v) is 5.44. The highest BCUT2D eigenvalue weighted by Gasteiger charge is 2.24. The fourth-order valence-electron chi connectivity index (χ4n) is 3.37. The highest BCUT2D eigenvalue weighted by atomic mass is 79.9. The van der Waals surface area contributed by atoms with E-state index in [1.54, 1.807) is 0 Å². The van der Waals surface area contributed by atoms with Crippen LogP contribution >= 0.6 is 15.9 Å². The number of ether oxygens (including phenoxy) is 1. The van der Waals surface area contributed by atoms with Crippen LogP contribution in [0.4, 0.5) is 0 Å². The lowest BCUT2D eigenvalue weighted by molar-refractivity contribution is 0.0689. The maximum absolute atomic E-state index is 13.2. The summed E-state index contributed by atoms with van der Waals surface area (Å²) < 4.78 is 13.0. The largest absolute Gasteiger partial charge is 0.478 e. The van der Waals surface area contributed by atoms with Crippen LogP contribution in [-0.2, 0) is 6.54 Å². The predicted molar refractivity (Wildman–Crippen MR) is 107 cm³/mol. The minimum atomic E-state index is -0.00413. The van der Waals surface area contributed by atoms with Crippen molar-refractivity contribution in [2.75, 3.05) is 6.73 Å². The summed E-state index contributed by atoms with van der Waals surface area (Å²) in [5, 5.41) is 0.599. The van der Waals surface area contributed by atoms with Gasteiger partial charge < -0.3 is 9.15 Å². The molecule has 0 unspecified atom stereocenters. The Morgan fingerprint density at radius 3 is 2.54 bits per heavy atom. The van der Waals surface area contributed by atoms with E-state index in [0.29, 0.717) is 41.6 Å². The van der Waals surface area contributed by atoms with Crippen molar-refractivity contribution < 1.29 is 9.15 Å². The summed E-state index contributed by atoms with van der Waals surface area (Å²) >= 11 is 3.43. The van der Waals surface area contributed by atoms with E-state index in [9.17, 15) is 4.79 Å². The summed E-state index contributed by atoms with van der Waals surface area (Å²) in [6.07, 6.45) is 0. The second kappa shape index (κ2) is 6.56. The molecule has 0 aliphatic carbocycles. The minimum absolute atomic E-state index is 0.00413. The van der Waals surface area contributed by atoms with E-state index in [0.717, 1.165) is 21.3 Å². The van der Waals surface area contributed by atoms with Crippen LogP contribution < -0.4 is 10.2 Å². The van der Waals surface area contributed by atoms with Gasteiger partial charge in [0.1, 0.15) is 23.8 Å². The van der Waals surface area contributed by atoms with Crippen molar-refractivity contribution in [2.24, 2.45) is 0 Å². The monoisotopic (exact) mass is 413 g/mol. The number of hydrogen-bond donors (Lipinski definition) is 0. The Morgan fingerprint density at radius 2 is 1.85 bits per heavy atom. The molecule has 0 amide bonds. The number of benzene rings is 2. The van der Waals surface area contributed by atoms with Gasteiger partial charge in [0, 0.05) is 17.1 Å². The lowest BCUT2D eigenvalue weighted by atomic mass is 10.0. The SMILES string of the molecule is Cc1oc2c3c(ccc2c(=O)c1-c1ccc(Br)cc1)OCN(C(C)C)C3. The fourth-order valence-corrected chi connectivity index (χ4v) is 3.64. The maximum Gasteiger partial charge on any atom is 0.200 e. The van der Waals surface area contributed by atoms with E-state index in [1.807, 2.05) is 43.3 Å². The Hall–Kier alpha value is -2.11. The quantitative estimate of drug-likeness (QED) is 0.586. The molecule has 1 aromatic heterocycles. The Morgan fingerprint density at radius 1 is 1.12 bits per heavy atom. The van der Waals surface area contributed by atoms with Gasteiger partial charge >= 0.3 is 0 Å². The van der Waals surface area contributed by atoms with Crippen molar-refractivity contribution in [3.63, 3.8) is 0 Å². The van der Waals surface area contributed by atoms with Crippen LogP contribution in [0.3, 0.4) is 0 Å². The molecular formula is C21H20BrNO3. The first-order valence-electron chi connectivity index (χ1n) is 8.68. The van der Waals surface area contributed by atoms with E-state index >= 15 is 0 Å². The average molecular weight is 414 g/mol. The van der Waals surface area contributed by atoms with Gasteiger partial charge in [-0.25, -0.2) is 0 Å². The molecule has 2 heterocycles. The van der Waals surface area contributed by atoms with Crippen LogP contribution in [0, 0.1) is 6.92 Å². The molecule has 0 spiro atoms. The maximum atomic E-state index is 13.2. The van der Waals surface area contributed by atoms with Gasteiger partial charge in [-0.15, -0.1) is 0 Å². The van der Waals surface area contributed by atoms with Gasteiger partial charge in [0.15, 0.2) is 0 Å². The summed E-state index contributed by atoms with van der Waals surface area (Å²) in [6.45, 7) is 7.38. The van der Waals surface area contributed by atoms with E-state index in [4.69, 9.17) is 9.15 Å². The zero-order chi connectivity index (χ0) is 18.4. The molecule has 26 heavy (non-hydrogen) atoms. The van der Waals surface area contributed by atoms with Crippen LogP contribution in [0.2, 0.25) is 0 Å². The van der Waals surface area contributed by atoms with Gasteiger partial charge in [0.05, 0.1) is 16.5 Å². The normalized spacial score (nSPS) is 14.5. The summed E-state index contributed by atoms with van der Waals surface area (Å²) in [7, 11) is 0. The Kier molecular flexibility index (Phi) is 4.37. The molecule has 0 saturated heterocycles. The van der Waals surface area contributed by atoms with Gasteiger partial charge in [-0.3, -0.25) is 9.69 Å². The van der Waals surface area contributed by atoms with Crippen molar-refractivity contribution in [1.82, 2.24) is 4.90 Å². The number of hydrogen-bond acceptors (Lipinski definition) is 4. The Balaban J connectivity index is 1.93. The molecule has 4 nitrogen and oxygen atoms in total. The molecule has 1 aliphatic rings. The second-order valence-corrected chi connectivity index (χ2v) is 7.82. The topological polar surface area (TPSA) is 42.7 Å². The van der Waals surface area contributed by atoms with Crippen LogP contribution in [0.25, 0.3) is 22.1 Å². The smallest absolute Gasteiger partial charge is 0.200 e. The molecule has 1 aliphatic heterocycles. The first kappa shape index (κ1) is 17.3. The van der Waals surface area contributed by atoms with E-state index in [-0.39, 0.29) is 5.43 Å². The molecule has 0 saturated carbocycles. The summed E-state index contributed by atoms with van der Waals surface area (Å²) in [6, 6.07) is 11.8. The molecule has 2 aromatic carbocycles. The van der Waals surface area contributed by atoms with Crippen molar-refractivity contribution in [3.05, 3.63) is 62.4 Å². The van der Waals surface area contributed by atoms with Crippen LogP contribution in [0.1, 0.15) is 25.2 Å². The molecule has 3 aromatic rings. The van der Waals surface area contributed by atoms with Crippen molar-refractivity contribution in [3.8, 4) is 16.9 Å². The first-order valence-corrected chi connectivity index (χ1v) is 9.47. The lowest BCUT2D eigenvalue weighted by Gasteiger charge is -2.32. The minimum Gasteiger partial charge on any atom is -0.478 e. The van der Waals surface area contributed by atoms with Crippen molar-refractivity contribution in [1.29, 1.82) is 0 Å². The van der Waals surface area contributed by atoms with Crippen molar-refractivity contribution in [2.45, 2.75) is 33.4 Å². The molecule has 4 rings (SSSR count). The third kappa shape index (κ3) is 2.85. The van der Waals surface area contributed by atoms with E-state index < -0.39 is 0 Å². The molecule has 0 bridgehead atoms. The molecular weight excluding hydrogens is 394 g/mol. The number of nitrogens with zero attached hydrogens (tertiary/aromatic N) is 1. The van der Waals surface area contributed by atoms with Crippen LogP contribution in [0.15, 0.2) is 50.1 Å². The molecule has 0 atom stereocenters. The van der Waals surface area contributed by atoms with E-state index in [2.05, 4.69) is 34.7 Å². The van der Waals surface area contributed by atoms with Crippen LogP contribution in [-0.4, -0.2) is 17.7 Å². The molecule has 0 N–H and O–H groups in total. The van der Waals surface area contributed by atoms with Gasteiger partial charge in [-0.1, -0.05) is 28.1 Å². The highest BCUT2D eigenvalue weighted by Crippen LogP contribution is 2.34. The highest BCUT2D eigenvalue weighted by molar-refractivity contribution is 9.10. The number of rotatable bonds is 2. The number of aryl methyl sites for hydroxylation is 1. The van der Waals surface area contributed by atoms with Crippen molar-refractivity contribution >= 4 is 26.9 Å². The Labute approximate surface area is 160 Å². The summed E-state index contributed by atoms with van der Waals surface area (Å²) in [5.74, 6) is 1.42. The zero-order valence-corrected chi connectivity index (χ0v) is 16.6. The molecule has 0 radical (unpaired) electrons. The lowest BCUT2D eigenvalue weighted by Crippen LogP contribution is -2.37. The average Bonchev–Trinajstić information content (AvgIpc) is 2.62. The zero-order valence-electron chi connectivity index (χ0n) is 15.0. The van der Waals surface area contributed by atoms with Gasteiger partial charge in [-0.2, -0.15) is 0 Å². The van der Waals surface area contributed by atoms with Gasteiger partial charge in [0.2, 0.25) is 5.43 Å². The molecule has 5 heteroatoms. The first-order chi connectivity index (χ1) is 12.5. The second-order valence-electron chi connectivity index (χ2n) is 6.90. The molecule has 134 valence electrons. The summed E-state index contributed by atoms with van der Waals surface area (Å²) in [4.78, 5) is 15.4. The third-order valence-electron chi connectivity index (χ3n) is 4.91. The Bertz CT molecular complexity index is 1040. The van der Waals surface area contributed by atoms with Gasteiger partial charge in [-0.05, 0) is 50.6 Å². The number of halogens is 1. The summed E-state index contributed by atoms with van der Waals surface area (Å²) in [5.41, 5.74) is 3.05. The van der Waals surface area contributed by atoms with E-state index in [1.165, 1.54) is 0 Å².